The summed E-state index contributed by atoms with van der Waals surface area (Å²) in [6, 6.07) is 7.22. The Morgan fingerprint density at radius 2 is 1.84 bits per heavy atom. The van der Waals surface area contributed by atoms with Crippen molar-refractivity contribution in [2.45, 2.75) is 50.0 Å². The second-order valence-electron chi connectivity index (χ2n) is 4.93. The molecule has 0 aromatic heterocycles. The summed E-state index contributed by atoms with van der Waals surface area (Å²) in [5.74, 6) is 0. The molecule has 0 atom stereocenters. The summed E-state index contributed by atoms with van der Waals surface area (Å²) in [4.78, 5) is 0.377. The maximum Gasteiger partial charge on any atom is 0.244 e. The van der Waals surface area contributed by atoms with Crippen molar-refractivity contribution >= 4 is 26.0 Å². The molecule has 1 aromatic rings. The van der Waals surface area contributed by atoms with Gasteiger partial charge in [-0.3, -0.25) is 0 Å². The quantitative estimate of drug-likeness (QED) is 0.832. The third-order valence-corrected chi connectivity index (χ3v) is 6.76. The van der Waals surface area contributed by atoms with Crippen molar-refractivity contribution in [2.75, 3.05) is 6.54 Å². The van der Waals surface area contributed by atoms with Crippen molar-refractivity contribution in [3.63, 3.8) is 0 Å². The Labute approximate surface area is 124 Å². The number of benzene rings is 1. The van der Waals surface area contributed by atoms with E-state index < -0.39 is 10.0 Å². The van der Waals surface area contributed by atoms with E-state index in [2.05, 4.69) is 15.9 Å². The molecule has 106 valence electrons. The van der Waals surface area contributed by atoms with Gasteiger partial charge in [-0.2, -0.15) is 4.31 Å². The second-order valence-corrected chi connectivity index (χ2v) is 7.64. The average Bonchev–Trinajstić information content (AvgIpc) is 2.40. The molecule has 0 aliphatic heterocycles. The van der Waals surface area contributed by atoms with E-state index >= 15 is 0 Å². The van der Waals surface area contributed by atoms with Crippen molar-refractivity contribution in [3.8, 4) is 0 Å². The highest BCUT2D eigenvalue weighted by Gasteiger charge is 2.31. The average molecular weight is 346 g/mol. The monoisotopic (exact) mass is 345 g/mol. The first-order chi connectivity index (χ1) is 9.07. The van der Waals surface area contributed by atoms with Crippen molar-refractivity contribution < 1.29 is 8.42 Å². The highest BCUT2D eigenvalue weighted by Crippen LogP contribution is 2.30. The minimum atomic E-state index is -3.39. The lowest BCUT2D eigenvalue weighted by molar-refractivity contribution is 0.261. The highest BCUT2D eigenvalue weighted by molar-refractivity contribution is 9.10. The number of nitrogens with zero attached hydrogens (tertiary/aromatic N) is 1. The molecule has 0 bridgehead atoms. The molecule has 1 fully saturated rings. The zero-order valence-corrected chi connectivity index (χ0v) is 13.6. The third kappa shape index (κ3) is 3.20. The van der Waals surface area contributed by atoms with E-state index in [9.17, 15) is 8.42 Å². The van der Waals surface area contributed by atoms with Crippen LogP contribution < -0.4 is 0 Å². The predicted octanol–water partition coefficient (Wildman–Crippen LogP) is 3.79. The summed E-state index contributed by atoms with van der Waals surface area (Å²) >= 11 is 3.35. The van der Waals surface area contributed by atoms with Gasteiger partial charge in [-0.25, -0.2) is 8.42 Å². The second kappa shape index (κ2) is 6.37. The van der Waals surface area contributed by atoms with Crippen LogP contribution in [0.2, 0.25) is 0 Å². The van der Waals surface area contributed by atoms with Crippen molar-refractivity contribution in [3.05, 3.63) is 28.7 Å². The van der Waals surface area contributed by atoms with Gasteiger partial charge < -0.3 is 0 Å². The molecule has 1 aliphatic carbocycles. The van der Waals surface area contributed by atoms with Crippen molar-refractivity contribution in [2.24, 2.45) is 0 Å². The lowest BCUT2D eigenvalue weighted by Crippen LogP contribution is -2.41. The molecule has 0 unspecified atom stereocenters. The molecule has 0 saturated heterocycles. The van der Waals surface area contributed by atoms with Crippen LogP contribution in [0.5, 0.6) is 0 Å². The SMILES string of the molecule is CCN(C1CCCCC1)S(=O)(=O)c1ccccc1Br. The standard InChI is InChI=1S/C14H20BrNO2S/c1-2-16(12-8-4-3-5-9-12)19(17,18)14-11-7-6-10-13(14)15/h6-7,10-12H,2-5,8-9H2,1H3. The van der Waals surface area contributed by atoms with Crippen LogP contribution in [-0.4, -0.2) is 25.3 Å². The molecule has 1 aliphatic rings. The van der Waals surface area contributed by atoms with Crippen molar-refractivity contribution in [1.82, 2.24) is 4.31 Å². The fraction of sp³-hybridized carbons (Fsp3) is 0.571. The van der Waals surface area contributed by atoms with E-state index in [-0.39, 0.29) is 6.04 Å². The number of hydrogen-bond donors (Lipinski definition) is 0. The number of sulfonamides is 1. The zero-order chi connectivity index (χ0) is 13.9. The fourth-order valence-electron chi connectivity index (χ4n) is 2.77. The van der Waals surface area contributed by atoms with Crippen LogP contribution in [-0.2, 0) is 10.0 Å². The summed E-state index contributed by atoms with van der Waals surface area (Å²) in [7, 11) is -3.39. The summed E-state index contributed by atoms with van der Waals surface area (Å²) in [6.07, 6.45) is 5.46. The Bertz CT molecular complexity index is 524. The molecule has 1 saturated carbocycles. The molecule has 0 amide bonds. The van der Waals surface area contributed by atoms with Gasteiger partial charge in [-0.1, -0.05) is 38.3 Å². The molecule has 5 heteroatoms. The Morgan fingerprint density at radius 1 is 1.21 bits per heavy atom. The third-order valence-electron chi connectivity index (χ3n) is 3.72. The van der Waals surface area contributed by atoms with Crippen LogP contribution in [0.4, 0.5) is 0 Å². The van der Waals surface area contributed by atoms with E-state index in [1.165, 1.54) is 6.42 Å². The Hall–Kier alpha value is -0.390. The molecule has 19 heavy (non-hydrogen) atoms. The lowest BCUT2D eigenvalue weighted by atomic mass is 9.95. The van der Waals surface area contributed by atoms with Gasteiger partial charge >= 0.3 is 0 Å². The van der Waals surface area contributed by atoms with Crippen LogP contribution in [0.15, 0.2) is 33.6 Å². The van der Waals surface area contributed by atoms with E-state index in [0.717, 1.165) is 25.7 Å². The minimum absolute atomic E-state index is 0.163. The van der Waals surface area contributed by atoms with E-state index in [0.29, 0.717) is 15.9 Å². The van der Waals surface area contributed by atoms with Crippen LogP contribution in [0.3, 0.4) is 0 Å². The van der Waals surface area contributed by atoms with Crippen molar-refractivity contribution in [1.29, 1.82) is 0 Å². The molecule has 0 radical (unpaired) electrons. The van der Waals surface area contributed by atoms with Gasteiger partial charge in [-0.15, -0.1) is 0 Å². The summed E-state index contributed by atoms with van der Waals surface area (Å²) in [5, 5.41) is 0. The van der Waals surface area contributed by atoms with E-state index in [1.807, 2.05) is 13.0 Å². The van der Waals surface area contributed by atoms with E-state index in [1.54, 1.807) is 22.5 Å². The van der Waals surface area contributed by atoms with E-state index in [4.69, 9.17) is 0 Å². The van der Waals surface area contributed by atoms with Gasteiger partial charge in [-0.05, 0) is 40.9 Å². The molecular formula is C14H20BrNO2S. The smallest absolute Gasteiger partial charge is 0.207 e. The Kier molecular flexibility index (Phi) is 5.03. The maximum atomic E-state index is 12.8. The van der Waals surface area contributed by atoms with Crippen LogP contribution in [0.25, 0.3) is 0 Å². The first kappa shape index (κ1) is 15.0. The molecule has 0 heterocycles. The Balaban J connectivity index is 2.33. The van der Waals surface area contributed by atoms with Gasteiger partial charge in [0.1, 0.15) is 0 Å². The summed E-state index contributed by atoms with van der Waals surface area (Å²) in [5.41, 5.74) is 0. The molecule has 2 rings (SSSR count). The lowest BCUT2D eigenvalue weighted by Gasteiger charge is -2.32. The van der Waals surface area contributed by atoms with Gasteiger partial charge in [0.2, 0.25) is 10.0 Å². The van der Waals surface area contributed by atoms with Crippen LogP contribution >= 0.6 is 15.9 Å². The fourth-order valence-corrected chi connectivity index (χ4v) is 5.43. The van der Waals surface area contributed by atoms with Gasteiger partial charge in [0, 0.05) is 17.1 Å². The molecule has 1 aromatic carbocycles. The first-order valence-corrected chi connectivity index (χ1v) is 9.07. The van der Waals surface area contributed by atoms with Gasteiger partial charge in [0.15, 0.2) is 0 Å². The normalized spacial score (nSPS) is 17.8. The van der Waals surface area contributed by atoms with Crippen LogP contribution in [0.1, 0.15) is 39.0 Å². The first-order valence-electron chi connectivity index (χ1n) is 6.83. The largest absolute Gasteiger partial charge is 0.244 e. The number of hydrogen-bond acceptors (Lipinski definition) is 2. The van der Waals surface area contributed by atoms with Gasteiger partial charge in [0.05, 0.1) is 4.90 Å². The molecule has 0 spiro atoms. The molecular weight excluding hydrogens is 326 g/mol. The Morgan fingerprint density at radius 3 is 2.42 bits per heavy atom. The van der Waals surface area contributed by atoms with Crippen LogP contribution in [0, 0.1) is 0 Å². The summed E-state index contributed by atoms with van der Waals surface area (Å²) in [6.45, 7) is 2.46. The molecule has 3 nitrogen and oxygen atoms in total. The minimum Gasteiger partial charge on any atom is -0.207 e. The summed E-state index contributed by atoms with van der Waals surface area (Å²) < 4.78 is 27.9. The van der Waals surface area contributed by atoms with Gasteiger partial charge in [0.25, 0.3) is 0 Å². The highest BCUT2D eigenvalue weighted by atomic mass is 79.9. The molecule has 0 N–H and O–H groups in total. The maximum absolute atomic E-state index is 12.8. The topological polar surface area (TPSA) is 37.4 Å². The number of halogens is 1. The zero-order valence-electron chi connectivity index (χ0n) is 11.2. The number of rotatable bonds is 4. The predicted molar refractivity (Wildman–Crippen MR) is 80.6 cm³/mol.